The Morgan fingerprint density at radius 2 is 0.459 bits per heavy atom. The molecule has 0 spiro atoms. The van der Waals surface area contributed by atoms with Gasteiger partial charge in [0.1, 0.15) is 36.5 Å². The maximum atomic E-state index is 16.2. The number of carboxylic acid groups (broad SMARTS) is 1. The van der Waals surface area contributed by atoms with Crippen LogP contribution in [0, 0.1) is 0 Å². The third kappa shape index (κ3) is 15.4. The van der Waals surface area contributed by atoms with Gasteiger partial charge in [0, 0.05) is 33.4 Å². The molecule has 32 N–H and O–H groups in total. The lowest BCUT2D eigenvalue weighted by molar-refractivity contribution is -0.283. The first-order chi connectivity index (χ1) is 68.7. The van der Waals surface area contributed by atoms with E-state index in [4.69, 9.17) is 66.3 Å². The highest BCUT2D eigenvalue weighted by atomic mass is 16.8. The molecule has 6 aliphatic heterocycles. The van der Waals surface area contributed by atoms with Crippen molar-refractivity contribution in [2.45, 2.75) is 61.4 Å². The summed E-state index contributed by atoms with van der Waals surface area (Å²) in [4.78, 5) is 165. The third-order valence-electron chi connectivity index (χ3n) is 23.2. The van der Waals surface area contributed by atoms with Gasteiger partial charge in [-0.3, -0.25) is 0 Å². The molecule has 0 aromatic heterocycles. The van der Waals surface area contributed by atoms with E-state index < -0.39 is 447 Å². The quantitative estimate of drug-likeness (QED) is 0.0533. The summed E-state index contributed by atoms with van der Waals surface area (Å²) in [5.41, 5.74) is -27.6. The highest BCUT2D eigenvalue weighted by Gasteiger charge is 2.60. The van der Waals surface area contributed by atoms with Gasteiger partial charge in [-0.1, -0.05) is 0 Å². The van der Waals surface area contributed by atoms with Crippen molar-refractivity contribution in [3.05, 3.63) is 134 Å². The van der Waals surface area contributed by atoms with Gasteiger partial charge in [-0.05, 0) is 72.8 Å². The smallest absolute Gasteiger partial charge is 0.343 e. The minimum atomic E-state index is -3.20. The van der Waals surface area contributed by atoms with E-state index in [0.29, 0.717) is 24.3 Å². The van der Waals surface area contributed by atoms with Crippen LogP contribution in [0.3, 0.4) is 0 Å². The maximum Gasteiger partial charge on any atom is 0.343 e. The van der Waals surface area contributed by atoms with E-state index in [-0.39, 0.29) is 48.5 Å². The number of rotatable bonds is 9. The van der Waals surface area contributed by atoms with Gasteiger partial charge < -0.3 is 230 Å². The van der Waals surface area contributed by atoms with Gasteiger partial charge >= 0.3 is 65.7 Å². The van der Waals surface area contributed by atoms with Crippen LogP contribution in [0.4, 0.5) is 0 Å². The number of cyclic esters (lactones) is 2. The molecule has 756 valence electrons. The Labute approximate surface area is 799 Å². The van der Waals surface area contributed by atoms with Crippen molar-refractivity contribution in [1.29, 1.82) is 0 Å². The number of ether oxygens (including phenoxy) is 14. The van der Waals surface area contributed by atoms with Crippen LogP contribution >= 0.6 is 0 Å². The van der Waals surface area contributed by atoms with E-state index in [0.717, 1.165) is 0 Å². The number of benzene rings is 11. The lowest BCUT2D eigenvalue weighted by atomic mass is 9.90. The molecule has 11 aromatic carbocycles. The van der Waals surface area contributed by atoms with Crippen LogP contribution in [0.15, 0.2) is 72.8 Å². The average Bonchev–Trinajstić information content (AvgIpc) is 1.11. The Morgan fingerprint density at radius 3 is 0.753 bits per heavy atom. The largest absolute Gasteiger partial charge is 0.504 e. The molecule has 0 bridgehead atoms. The lowest BCUT2D eigenvalue weighted by Gasteiger charge is -2.44. The first kappa shape index (κ1) is 96.6. The van der Waals surface area contributed by atoms with Gasteiger partial charge in [-0.25, -0.2) is 52.7 Å². The molecule has 0 saturated carbocycles. The van der Waals surface area contributed by atoms with E-state index in [2.05, 4.69) is 0 Å². The second-order valence-corrected chi connectivity index (χ2v) is 31.7. The molecule has 10 atom stereocenters. The lowest BCUT2D eigenvalue weighted by Crippen LogP contribution is -2.63. The summed E-state index contributed by atoms with van der Waals surface area (Å²) >= 11 is 0. The van der Waals surface area contributed by atoms with Gasteiger partial charge in [-0.2, -0.15) is 0 Å². The highest BCUT2D eigenvalue weighted by molar-refractivity contribution is 6.15. The summed E-state index contributed by atoms with van der Waals surface area (Å²) in [6, 6.07) is 3.00. The molecule has 0 unspecified atom stereocenters. The van der Waals surface area contributed by atoms with Crippen LogP contribution in [0.2, 0.25) is 0 Å². The monoisotopic (exact) mass is 2040 g/mol. The van der Waals surface area contributed by atoms with E-state index in [1.807, 2.05) is 0 Å². The number of fused-ring (bicyclic) bond motifs is 18. The second-order valence-electron chi connectivity index (χ2n) is 31.7. The summed E-state index contributed by atoms with van der Waals surface area (Å²) in [7, 11) is 0. The Bertz CT molecular complexity index is 7720. The van der Waals surface area contributed by atoms with Crippen LogP contribution in [-0.2, 0) is 56.8 Å². The van der Waals surface area contributed by atoms with E-state index in [1.54, 1.807) is 0 Å². The number of aromatic hydroxyl groups is 31. The molecule has 6 heterocycles. The van der Waals surface area contributed by atoms with Gasteiger partial charge in [0.2, 0.25) is 93.8 Å². The number of esters is 10. The second kappa shape index (κ2) is 34.8. The van der Waals surface area contributed by atoms with Gasteiger partial charge in [0.25, 0.3) is 0 Å². The van der Waals surface area contributed by atoms with Crippen LogP contribution in [0.5, 0.6) is 201 Å². The molecule has 146 heavy (non-hydrogen) atoms. The molecular formula is C89H58O57. The molecule has 0 amide bonds. The summed E-state index contributed by atoms with van der Waals surface area (Å²) < 4.78 is 80.8. The Hall–Kier alpha value is -21.1. The van der Waals surface area contributed by atoms with Crippen molar-refractivity contribution in [2.24, 2.45) is 0 Å². The zero-order chi connectivity index (χ0) is 106. The first-order valence-electron chi connectivity index (χ1n) is 40.3. The number of phenols is 31. The number of hydrogen-bond donors (Lipinski definition) is 32. The number of carboxylic acids is 1. The Morgan fingerprint density at radius 1 is 0.226 bits per heavy atom. The topological polar surface area (TPSA) is 964 Å². The summed E-state index contributed by atoms with van der Waals surface area (Å²) in [5, 5.41) is 360. The van der Waals surface area contributed by atoms with Crippen molar-refractivity contribution in [3.63, 3.8) is 0 Å². The first-order valence-corrected chi connectivity index (χ1v) is 40.3. The molecule has 17 rings (SSSR count). The van der Waals surface area contributed by atoms with Gasteiger partial charge in [0.15, 0.2) is 157 Å². The molecule has 11 aromatic rings. The maximum absolute atomic E-state index is 16.2. The summed E-state index contributed by atoms with van der Waals surface area (Å²) in [6.07, 6.45) is -29.9. The van der Waals surface area contributed by atoms with E-state index >= 15 is 33.6 Å². The minimum absolute atomic E-state index is 0.117. The Balaban J connectivity index is 0.827. The van der Waals surface area contributed by atoms with E-state index in [9.17, 15) is 183 Å². The Kier molecular flexibility index (Phi) is 23.0. The predicted octanol–water partition coefficient (Wildman–Crippen LogP) is 4.60. The summed E-state index contributed by atoms with van der Waals surface area (Å²) in [5.74, 6) is -82.1. The average molecular weight is 2040 g/mol. The zero-order valence-electron chi connectivity index (χ0n) is 71.1. The van der Waals surface area contributed by atoms with Crippen molar-refractivity contribution in [2.75, 3.05) is 13.2 Å². The zero-order valence-corrected chi connectivity index (χ0v) is 71.1. The number of carbonyl (C=O) groups excluding carboxylic acids is 10. The number of aromatic carboxylic acids is 1. The number of carbonyl (C=O) groups is 11. The van der Waals surface area contributed by atoms with Crippen molar-refractivity contribution in [1.82, 2.24) is 0 Å². The molecule has 2 fully saturated rings. The molecule has 0 radical (unpaired) electrons. The predicted molar refractivity (Wildman–Crippen MR) is 449 cm³/mol. The molecule has 0 aliphatic carbocycles. The van der Waals surface area contributed by atoms with Crippen LogP contribution in [-0.4, -0.2) is 304 Å². The minimum Gasteiger partial charge on any atom is -0.504 e. The fourth-order valence-electron chi connectivity index (χ4n) is 16.3. The molecule has 57 nitrogen and oxygen atoms in total. The molecule has 57 heteroatoms. The number of hydrogen-bond acceptors (Lipinski definition) is 56. The van der Waals surface area contributed by atoms with Crippen molar-refractivity contribution < 1.29 is 282 Å². The van der Waals surface area contributed by atoms with Crippen LogP contribution < -0.4 is 9.47 Å². The molecule has 2 saturated heterocycles. The van der Waals surface area contributed by atoms with E-state index in [1.165, 1.54) is 0 Å². The normalized spacial score (nSPS) is 19.4. The SMILES string of the molecule is O=C(O)c1cc(O)c(O)c(Oc2c(O)c(O)c(O)c3c2C(=O)O[C@H]2[C@@H]4OC(=O)c5cc(O)c(O)c(O)c5-c5c(cc(O)c(O)c5O)C(=O)O[C@H]4[C@H](OC(=O)c4cc(O)c(O)c(Oc5c(O)c(O)c(O)c6c5C(=O)O[C@H]5[C@@H]7OC(=O)c8cc(O)c(O)c(O)c8-c8c(cc(O)c(O)c8O)C(=O)O[C@H]7[C@@H](OC(=O)c7cc(O)c(O)c(O)c7)O[C@@H]5COC(=O)c5cc(O)c(O)c(O)c5-6)c4)O[C@@H]2COC(=O)c2cc(O)c(O)c(O)c2-3)c1. The van der Waals surface area contributed by atoms with Crippen molar-refractivity contribution in [3.8, 4) is 246 Å². The van der Waals surface area contributed by atoms with Crippen molar-refractivity contribution >= 4 is 65.7 Å². The fourth-order valence-corrected chi connectivity index (χ4v) is 16.3. The molecular weight excluding hydrogens is 1980 g/mol. The standard InChI is InChI=1S/C89H58O57/c90-24-2-16(3-25(91)48(24)100)78(123)145-88-75-73(141-82(127)20-9-30(96)51(103)57(109)38(20)40-22(84(129)143-75)11-32(98)53(105)59(40)111)69-36(137-88)13-133-81(126)19-8-29(95)56(108)62(114)43(19)45-47(87(132)140-69)72(68(120)66(118)64(45)116)136-35-6-17(4-27(93)50(35)102)79(124)146-89-76-74(142-83(128)21-10-31(97)52(104)58(110)39(21)41-23(85(130)144-76)12-33(99)54(106)60(41)112)70-37(138-89)14-134-80(125)18-7-28(94)55(107)61(113)42(18)44-46(86(131)139-70)71(67(119)65(117)63(44)115)135-34-5-15(77(121)122)1-26(92)49(34)101/h1-12,36-37,69-70,73-76,88-120H,13-14H2,(H,121,122)/t36-,37-,69-,70-,73+,74+,75-,76-,88-,89+/m1/s1. The van der Waals surface area contributed by atoms with Crippen LogP contribution in [0.1, 0.15) is 114 Å². The van der Waals surface area contributed by atoms with Gasteiger partial charge in [0.05, 0.1) is 61.2 Å². The number of phenolic OH excluding ortho intramolecular Hbond substituents is 31. The van der Waals surface area contributed by atoms with Crippen LogP contribution in [0.25, 0.3) is 44.5 Å². The third-order valence-corrected chi connectivity index (χ3v) is 23.2. The fraction of sp³-hybridized carbons (Fsp3) is 0.135. The summed E-state index contributed by atoms with van der Waals surface area (Å²) in [6.45, 7) is -3.39. The van der Waals surface area contributed by atoms with Gasteiger partial charge in [-0.15, -0.1) is 0 Å². The highest BCUT2D eigenvalue weighted by Crippen LogP contribution is 2.64. The molecule has 6 aliphatic rings.